The van der Waals surface area contributed by atoms with Crippen molar-refractivity contribution in [2.45, 2.75) is 12.5 Å². The zero-order chi connectivity index (χ0) is 37.2. The lowest BCUT2D eigenvalue weighted by Gasteiger charge is -2.18. The molecule has 1 aliphatic carbocycles. The number of benzene rings is 7. The number of nitriles is 1. The van der Waals surface area contributed by atoms with Gasteiger partial charge in [-0.25, -0.2) is 9.97 Å². The molecule has 56 heavy (non-hydrogen) atoms. The van der Waals surface area contributed by atoms with Crippen molar-refractivity contribution >= 4 is 54.4 Å². The number of nitrogens with zero attached hydrogens (tertiary/aromatic N) is 5. The van der Waals surface area contributed by atoms with Gasteiger partial charge in [0, 0.05) is 49.4 Å². The van der Waals surface area contributed by atoms with Gasteiger partial charge in [0.2, 0.25) is 0 Å². The minimum Gasteiger partial charge on any atom is -0.333 e. The Labute approximate surface area is 323 Å². The zero-order valence-corrected chi connectivity index (χ0v) is 30.3. The molecule has 5 heteroatoms. The summed E-state index contributed by atoms with van der Waals surface area (Å²) in [6.45, 7) is 0. The maximum absolute atomic E-state index is 11.0. The van der Waals surface area contributed by atoms with Gasteiger partial charge in [0.05, 0.1) is 34.0 Å². The van der Waals surface area contributed by atoms with Crippen LogP contribution in [0.3, 0.4) is 0 Å². The monoisotopic (exact) mass is 715 g/mol. The third-order valence-electron chi connectivity index (χ3n) is 11.3. The van der Waals surface area contributed by atoms with Gasteiger partial charge in [0.25, 0.3) is 0 Å². The van der Waals surface area contributed by atoms with Crippen molar-refractivity contribution in [3.05, 3.63) is 188 Å². The van der Waals surface area contributed by atoms with E-state index in [0.717, 1.165) is 56.0 Å². The van der Waals surface area contributed by atoms with Crippen LogP contribution in [-0.4, -0.2) is 19.1 Å². The lowest BCUT2D eigenvalue weighted by Crippen LogP contribution is -2.06. The normalized spacial score (nSPS) is 14.0. The number of para-hydroxylation sites is 2. The molecule has 1 unspecified atom stereocenters. The van der Waals surface area contributed by atoms with Gasteiger partial charge in [0.15, 0.2) is 5.82 Å². The van der Waals surface area contributed by atoms with Crippen LogP contribution in [0.2, 0.25) is 0 Å². The number of aromatic nitrogens is 4. The van der Waals surface area contributed by atoms with E-state index in [1.54, 1.807) is 0 Å². The molecule has 3 heterocycles. The molecule has 0 amide bonds. The van der Waals surface area contributed by atoms with E-state index in [2.05, 4.69) is 155 Å². The average molecular weight is 716 g/mol. The molecule has 0 N–H and O–H groups in total. The van der Waals surface area contributed by atoms with Crippen LogP contribution in [0.1, 0.15) is 18.0 Å². The fourth-order valence-electron chi connectivity index (χ4n) is 8.76. The Hall–Kier alpha value is -7.55. The van der Waals surface area contributed by atoms with Crippen LogP contribution >= 0.6 is 0 Å². The van der Waals surface area contributed by atoms with E-state index in [1.165, 1.54) is 27.2 Å². The maximum Gasteiger partial charge on any atom is 0.160 e. The Balaban J connectivity index is 1.24. The van der Waals surface area contributed by atoms with E-state index in [-0.39, 0.29) is 6.04 Å². The molecule has 3 aromatic heterocycles. The first kappa shape index (κ1) is 31.9. The number of rotatable bonds is 5. The lowest BCUT2D eigenvalue weighted by molar-refractivity contribution is 0.648. The second-order valence-electron chi connectivity index (χ2n) is 14.4. The molecule has 262 valence electrons. The van der Waals surface area contributed by atoms with Gasteiger partial charge in [-0.3, -0.25) is 0 Å². The number of hydrogen-bond acceptors (Lipinski definition) is 3. The SMILES string of the molecule is N#Cc1c(-c2ccc3ccccc3c2)nc(-c2ccccc2)nc1-c1ccc2c(c1)c1c3c4ccccc4n(C4C=CC=CC4)c3ccc1n2-c1ccccc1. The van der Waals surface area contributed by atoms with Crippen molar-refractivity contribution in [3.8, 4) is 45.7 Å². The molecule has 5 nitrogen and oxygen atoms in total. The van der Waals surface area contributed by atoms with Crippen LogP contribution in [0.15, 0.2) is 182 Å². The number of hydrogen-bond donors (Lipinski definition) is 0. The molecule has 10 aromatic rings. The van der Waals surface area contributed by atoms with Gasteiger partial charge < -0.3 is 9.13 Å². The molecule has 0 saturated heterocycles. The minimum atomic E-state index is 0.210. The molecule has 0 saturated carbocycles. The standard InChI is InChI=1S/C51H33N5/c52-32-42-49(36-25-24-33-14-10-11-17-35(33)30-36)53-51(34-15-4-1-5-16-34)54-50(42)37-26-27-44-41(31-37)48-46(56(44)39-20-8-3-9-21-39)29-28-45-47(48)40-22-12-13-23-43(40)55(45)38-18-6-2-7-19-38/h1-18,20-31,38H,19H2. The Morgan fingerprint density at radius 2 is 1.20 bits per heavy atom. The van der Waals surface area contributed by atoms with E-state index >= 15 is 0 Å². The first-order valence-corrected chi connectivity index (χ1v) is 19.0. The largest absolute Gasteiger partial charge is 0.333 e. The van der Waals surface area contributed by atoms with Gasteiger partial charge in [-0.15, -0.1) is 0 Å². The molecule has 11 rings (SSSR count). The Bertz CT molecular complexity index is 3290. The summed E-state index contributed by atoms with van der Waals surface area (Å²) >= 11 is 0. The molecular weight excluding hydrogens is 683 g/mol. The van der Waals surface area contributed by atoms with E-state index in [9.17, 15) is 5.26 Å². The van der Waals surface area contributed by atoms with E-state index < -0.39 is 0 Å². The minimum absolute atomic E-state index is 0.210. The molecule has 1 aliphatic rings. The Morgan fingerprint density at radius 3 is 1.98 bits per heavy atom. The highest BCUT2D eigenvalue weighted by molar-refractivity contribution is 6.29. The zero-order valence-electron chi connectivity index (χ0n) is 30.3. The summed E-state index contributed by atoms with van der Waals surface area (Å²) in [7, 11) is 0. The highest BCUT2D eigenvalue weighted by Gasteiger charge is 2.24. The second kappa shape index (κ2) is 12.8. The van der Waals surface area contributed by atoms with Crippen LogP contribution in [0.5, 0.6) is 0 Å². The smallest absolute Gasteiger partial charge is 0.160 e. The summed E-state index contributed by atoms with van der Waals surface area (Å²) in [5, 5.41) is 17.9. The molecule has 7 aromatic carbocycles. The fraction of sp³-hybridized carbons (Fsp3) is 0.0392. The highest BCUT2D eigenvalue weighted by atomic mass is 15.0. The van der Waals surface area contributed by atoms with Gasteiger partial charge >= 0.3 is 0 Å². The fourth-order valence-corrected chi connectivity index (χ4v) is 8.76. The van der Waals surface area contributed by atoms with Crippen LogP contribution in [0, 0.1) is 11.3 Å². The lowest BCUT2D eigenvalue weighted by atomic mass is 9.97. The first-order chi connectivity index (χ1) is 27.7. The van der Waals surface area contributed by atoms with E-state index in [4.69, 9.17) is 9.97 Å². The first-order valence-electron chi connectivity index (χ1n) is 19.0. The maximum atomic E-state index is 11.0. The molecule has 0 bridgehead atoms. The van der Waals surface area contributed by atoms with Crippen molar-refractivity contribution < 1.29 is 0 Å². The van der Waals surface area contributed by atoms with E-state index in [0.29, 0.717) is 22.8 Å². The molecular formula is C51H33N5. The van der Waals surface area contributed by atoms with Gasteiger partial charge in [-0.1, -0.05) is 133 Å². The third kappa shape index (κ3) is 4.93. The summed E-state index contributed by atoms with van der Waals surface area (Å²) in [6.07, 6.45) is 9.78. The summed E-state index contributed by atoms with van der Waals surface area (Å²) in [5.41, 5.74) is 10.0. The molecule has 0 radical (unpaired) electrons. The summed E-state index contributed by atoms with van der Waals surface area (Å²) in [4.78, 5) is 10.3. The van der Waals surface area contributed by atoms with Gasteiger partial charge in [-0.05, 0) is 65.7 Å². The Morgan fingerprint density at radius 1 is 0.536 bits per heavy atom. The Kier molecular flexibility index (Phi) is 7.30. The quantitative estimate of drug-likeness (QED) is 0.178. The predicted molar refractivity (Wildman–Crippen MR) is 230 cm³/mol. The van der Waals surface area contributed by atoms with E-state index in [1.807, 2.05) is 42.5 Å². The van der Waals surface area contributed by atoms with Crippen LogP contribution in [0.4, 0.5) is 0 Å². The third-order valence-corrected chi connectivity index (χ3v) is 11.3. The number of allylic oxidation sites excluding steroid dienone is 4. The topological polar surface area (TPSA) is 59.4 Å². The second-order valence-corrected chi connectivity index (χ2v) is 14.4. The molecule has 1 atom stereocenters. The molecule has 0 spiro atoms. The van der Waals surface area contributed by atoms with Gasteiger partial charge in [-0.2, -0.15) is 5.26 Å². The van der Waals surface area contributed by atoms with Crippen LogP contribution < -0.4 is 0 Å². The van der Waals surface area contributed by atoms with Gasteiger partial charge in [0.1, 0.15) is 11.6 Å². The van der Waals surface area contributed by atoms with Crippen molar-refractivity contribution in [1.82, 2.24) is 19.1 Å². The molecule has 0 aliphatic heterocycles. The highest BCUT2D eigenvalue weighted by Crippen LogP contribution is 2.44. The van der Waals surface area contributed by atoms with Crippen molar-refractivity contribution in [3.63, 3.8) is 0 Å². The number of fused-ring (bicyclic) bond motifs is 8. The summed E-state index contributed by atoms with van der Waals surface area (Å²) < 4.78 is 4.87. The van der Waals surface area contributed by atoms with Crippen LogP contribution in [-0.2, 0) is 0 Å². The van der Waals surface area contributed by atoms with Crippen molar-refractivity contribution in [2.24, 2.45) is 0 Å². The summed E-state index contributed by atoms with van der Waals surface area (Å²) in [5.74, 6) is 0.578. The van der Waals surface area contributed by atoms with Crippen LogP contribution in [0.25, 0.3) is 94.0 Å². The molecule has 0 fully saturated rings. The average Bonchev–Trinajstić information content (AvgIpc) is 3.79. The summed E-state index contributed by atoms with van der Waals surface area (Å²) in [6, 6.07) is 57.8. The van der Waals surface area contributed by atoms with Crippen molar-refractivity contribution in [2.75, 3.05) is 0 Å². The predicted octanol–water partition coefficient (Wildman–Crippen LogP) is 12.8. The van der Waals surface area contributed by atoms with Crippen molar-refractivity contribution in [1.29, 1.82) is 5.26 Å².